The number of hydrogen-bond donors (Lipinski definition) is 0. The summed E-state index contributed by atoms with van der Waals surface area (Å²) in [5, 5.41) is 0. The van der Waals surface area contributed by atoms with E-state index in [0.717, 1.165) is 25.7 Å². The van der Waals surface area contributed by atoms with Crippen LogP contribution in [0.1, 0.15) is 51.0 Å². The maximum absolute atomic E-state index is 11.3. The van der Waals surface area contributed by atoms with Gasteiger partial charge in [-0.25, -0.2) is 0 Å². The summed E-state index contributed by atoms with van der Waals surface area (Å²) in [6, 6.07) is 27.8. The highest BCUT2D eigenvalue weighted by Crippen LogP contribution is 2.32. The van der Waals surface area contributed by atoms with Gasteiger partial charge in [0.2, 0.25) is 0 Å². The van der Waals surface area contributed by atoms with Gasteiger partial charge in [0.25, 0.3) is 10.1 Å². The third-order valence-electron chi connectivity index (χ3n) is 5.19. The second-order valence-corrected chi connectivity index (χ2v) is 9.52. The van der Waals surface area contributed by atoms with Crippen molar-refractivity contribution in [2.75, 3.05) is 5.75 Å². The average Bonchev–Trinajstić information content (AvgIpc) is 2.83. The van der Waals surface area contributed by atoms with Crippen molar-refractivity contribution >= 4 is 23.6 Å². The van der Waals surface area contributed by atoms with Gasteiger partial charge in [0, 0.05) is 0 Å². The van der Waals surface area contributed by atoms with E-state index in [0.29, 0.717) is 6.42 Å². The summed E-state index contributed by atoms with van der Waals surface area (Å²) in [5.74, 6) is -0.213. The number of benzene rings is 3. The van der Waals surface area contributed by atoms with Crippen molar-refractivity contribution in [2.24, 2.45) is 0 Å². The molecule has 0 atom stereocenters. The Morgan fingerprint density at radius 1 is 0.727 bits per heavy atom. The SMILES string of the molecule is CCCCCCCCS(=O)(=O)OF.Cc1ccc(-c2ccccc2)c(-c2ccccc2)c1.S. The minimum atomic E-state index is -3.88. The summed E-state index contributed by atoms with van der Waals surface area (Å²) in [6.45, 7) is 4.25. The molecule has 0 unspecified atom stereocenters. The topological polar surface area (TPSA) is 43.4 Å². The minimum absolute atomic E-state index is 0. The molecule has 0 heterocycles. The highest BCUT2D eigenvalue weighted by molar-refractivity contribution is 7.86. The fourth-order valence-corrected chi connectivity index (χ4v) is 4.10. The Balaban J connectivity index is 0.000000346. The van der Waals surface area contributed by atoms with Gasteiger partial charge in [0.1, 0.15) is 0 Å². The molecule has 0 aromatic heterocycles. The number of unbranched alkanes of at least 4 members (excludes halogenated alkanes) is 5. The van der Waals surface area contributed by atoms with Gasteiger partial charge in [-0.1, -0.05) is 128 Å². The lowest BCUT2D eigenvalue weighted by atomic mass is 9.93. The summed E-state index contributed by atoms with van der Waals surface area (Å²) >= 11 is 0. The smallest absolute Gasteiger partial charge is 0.197 e. The lowest BCUT2D eigenvalue weighted by Crippen LogP contribution is -2.05. The molecule has 0 aliphatic rings. The first kappa shape index (κ1) is 28.9. The second-order valence-electron chi connectivity index (χ2n) is 7.87. The van der Waals surface area contributed by atoms with Crippen LogP contribution >= 0.6 is 13.5 Å². The Morgan fingerprint density at radius 2 is 1.24 bits per heavy atom. The zero-order valence-corrected chi connectivity index (χ0v) is 21.3. The number of aryl methyl sites for hydroxylation is 1. The van der Waals surface area contributed by atoms with Crippen LogP contribution in [0.2, 0.25) is 0 Å². The van der Waals surface area contributed by atoms with Crippen molar-refractivity contribution < 1.29 is 17.3 Å². The fraction of sp³-hybridized carbons (Fsp3) is 0.333. The molecular formula is C27H35FO3S2. The van der Waals surface area contributed by atoms with Crippen LogP contribution in [0.15, 0.2) is 78.9 Å². The molecule has 0 saturated carbocycles. The van der Waals surface area contributed by atoms with Gasteiger partial charge in [-0.15, -0.1) is 0 Å². The van der Waals surface area contributed by atoms with Gasteiger partial charge < -0.3 is 0 Å². The largest absolute Gasteiger partial charge is 0.297 e. The number of halogens is 1. The standard InChI is InChI=1S/C19H16.C8H17FO3S.H2S/c1-15-12-13-18(16-8-4-2-5-9-16)19(14-15)17-10-6-3-7-11-17;1-2-3-4-5-6-7-8-13(10,11)12-9;/h2-14H,1H3;2-8H2,1H3;1H2. The van der Waals surface area contributed by atoms with Crippen LogP contribution in [0.5, 0.6) is 0 Å². The first-order valence-corrected chi connectivity index (χ1v) is 12.8. The lowest BCUT2D eigenvalue weighted by Gasteiger charge is -2.11. The summed E-state index contributed by atoms with van der Waals surface area (Å²) in [5.41, 5.74) is 6.41. The molecule has 0 saturated heterocycles. The Morgan fingerprint density at radius 3 is 1.79 bits per heavy atom. The van der Waals surface area contributed by atoms with E-state index in [4.69, 9.17) is 0 Å². The minimum Gasteiger partial charge on any atom is -0.197 e. The van der Waals surface area contributed by atoms with E-state index < -0.39 is 10.1 Å². The quantitative estimate of drug-likeness (QED) is 0.270. The predicted octanol–water partition coefficient (Wildman–Crippen LogP) is 8.02. The van der Waals surface area contributed by atoms with E-state index in [1.54, 1.807) is 0 Å². The van der Waals surface area contributed by atoms with Crippen LogP contribution in [0.25, 0.3) is 22.3 Å². The summed E-state index contributed by atoms with van der Waals surface area (Å²) in [4.78, 5) is 0. The third kappa shape index (κ3) is 10.5. The van der Waals surface area contributed by atoms with Gasteiger partial charge in [0.15, 0.2) is 0 Å². The van der Waals surface area contributed by atoms with Gasteiger partial charge in [0.05, 0.1) is 5.75 Å². The zero-order valence-electron chi connectivity index (χ0n) is 19.5. The Hall–Kier alpha value is -2.15. The Labute approximate surface area is 205 Å². The first-order valence-electron chi connectivity index (χ1n) is 11.2. The van der Waals surface area contributed by atoms with E-state index in [1.807, 2.05) is 0 Å². The summed E-state index contributed by atoms with van der Waals surface area (Å²) in [7, 11) is -3.88. The van der Waals surface area contributed by atoms with Crippen LogP contribution in [0.4, 0.5) is 4.53 Å². The Kier molecular flexibility index (Phi) is 13.7. The fourth-order valence-electron chi connectivity index (χ4n) is 3.47. The van der Waals surface area contributed by atoms with Gasteiger partial charge in [-0.2, -0.15) is 21.9 Å². The second kappa shape index (κ2) is 15.6. The molecule has 6 heteroatoms. The van der Waals surface area contributed by atoms with E-state index in [1.165, 1.54) is 34.2 Å². The van der Waals surface area contributed by atoms with Gasteiger partial charge in [-0.05, 0) is 40.1 Å². The molecule has 33 heavy (non-hydrogen) atoms. The van der Waals surface area contributed by atoms with Crippen LogP contribution in [-0.4, -0.2) is 14.2 Å². The molecule has 0 amide bonds. The van der Waals surface area contributed by atoms with E-state index in [9.17, 15) is 12.9 Å². The molecule has 3 aromatic carbocycles. The monoisotopic (exact) mass is 490 g/mol. The van der Waals surface area contributed by atoms with E-state index >= 15 is 0 Å². The van der Waals surface area contributed by atoms with Crippen molar-refractivity contribution in [3.05, 3.63) is 84.4 Å². The number of rotatable bonds is 10. The van der Waals surface area contributed by atoms with Gasteiger partial charge in [-0.3, -0.25) is 0 Å². The van der Waals surface area contributed by atoms with Crippen molar-refractivity contribution in [3.8, 4) is 22.3 Å². The van der Waals surface area contributed by atoms with Crippen LogP contribution in [0.3, 0.4) is 0 Å². The highest BCUT2D eigenvalue weighted by atomic mass is 32.2. The lowest BCUT2D eigenvalue weighted by molar-refractivity contribution is 0.00288. The molecule has 180 valence electrons. The number of hydrogen-bond acceptors (Lipinski definition) is 3. The molecule has 0 radical (unpaired) electrons. The van der Waals surface area contributed by atoms with E-state index in [-0.39, 0.29) is 19.2 Å². The van der Waals surface area contributed by atoms with Crippen LogP contribution in [-0.2, 0) is 14.5 Å². The molecule has 0 fully saturated rings. The third-order valence-corrected chi connectivity index (χ3v) is 6.17. The molecule has 0 aliphatic heterocycles. The molecule has 0 bridgehead atoms. The van der Waals surface area contributed by atoms with Crippen molar-refractivity contribution in [3.63, 3.8) is 0 Å². The Bertz CT molecular complexity index is 1020. The van der Waals surface area contributed by atoms with Crippen LogP contribution < -0.4 is 0 Å². The molecule has 3 rings (SSSR count). The van der Waals surface area contributed by atoms with Crippen LogP contribution in [0, 0.1) is 6.92 Å². The first-order chi connectivity index (χ1) is 15.5. The van der Waals surface area contributed by atoms with Crippen molar-refractivity contribution in [2.45, 2.75) is 52.4 Å². The van der Waals surface area contributed by atoms with E-state index in [2.05, 4.69) is 97.1 Å². The molecule has 0 aliphatic carbocycles. The molecule has 3 nitrogen and oxygen atoms in total. The normalized spacial score (nSPS) is 10.6. The van der Waals surface area contributed by atoms with Gasteiger partial charge >= 0.3 is 0 Å². The zero-order chi connectivity index (χ0) is 23.2. The average molecular weight is 491 g/mol. The summed E-state index contributed by atoms with van der Waals surface area (Å²) in [6.07, 6.45) is 5.76. The maximum Gasteiger partial charge on any atom is 0.297 e. The summed E-state index contributed by atoms with van der Waals surface area (Å²) < 4.78 is 35.1. The molecule has 0 spiro atoms. The van der Waals surface area contributed by atoms with Crippen molar-refractivity contribution in [1.29, 1.82) is 0 Å². The molecule has 0 N–H and O–H groups in total. The maximum atomic E-state index is 11.3. The molecule has 3 aromatic rings. The van der Waals surface area contributed by atoms with Crippen molar-refractivity contribution in [1.82, 2.24) is 0 Å². The highest BCUT2D eigenvalue weighted by Gasteiger charge is 2.10. The predicted molar refractivity (Wildman–Crippen MR) is 142 cm³/mol. The molecular weight excluding hydrogens is 455 g/mol.